The van der Waals surface area contributed by atoms with Crippen LogP contribution in [0.25, 0.3) is 0 Å². The van der Waals surface area contributed by atoms with Gasteiger partial charge in [0.05, 0.1) is 0 Å². The summed E-state index contributed by atoms with van der Waals surface area (Å²) in [6.45, 7) is 4.44. The molecule has 0 bridgehead atoms. The van der Waals surface area contributed by atoms with Crippen LogP contribution >= 0.6 is 0 Å². The number of primary amides is 1. The Labute approximate surface area is 104 Å². The molecule has 2 heterocycles. The molecule has 0 saturated carbocycles. The normalized spacial score (nSPS) is 28.1. The van der Waals surface area contributed by atoms with Crippen molar-refractivity contribution < 1.29 is 4.79 Å². The first-order valence-corrected chi connectivity index (χ1v) is 7.01. The minimum Gasteiger partial charge on any atom is -0.369 e. The minimum atomic E-state index is -0.112. The van der Waals surface area contributed by atoms with Crippen molar-refractivity contribution in [2.45, 2.75) is 44.6 Å². The lowest BCUT2D eigenvalue weighted by Crippen LogP contribution is -2.42. The summed E-state index contributed by atoms with van der Waals surface area (Å²) in [7, 11) is 0. The standard InChI is InChI=1S/C13H25N3O/c14-13(17)11-4-8-16(9-5-11)10-6-12-3-1-2-7-15-12/h11-12,15H,1-10H2,(H2,14,17). The molecule has 4 nitrogen and oxygen atoms in total. The largest absolute Gasteiger partial charge is 0.369 e. The summed E-state index contributed by atoms with van der Waals surface area (Å²) in [5.74, 6) is 0.0117. The topological polar surface area (TPSA) is 58.4 Å². The predicted octanol–water partition coefficient (Wildman–Crippen LogP) is 0.716. The molecule has 2 rings (SSSR count). The van der Waals surface area contributed by atoms with Crippen molar-refractivity contribution in [2.24, 2.45) is 11.7 Å². The maximum Gasteiger partial charge on any atom is 0.220 e. The molecule has 2 fully saturated rings. The molecule has 4 heteroatoms. The van der Waals surface area contributed by atoms with Crippen LogP contribution in [0.3, 0.4) is 0 Å². The fraction of sp³-hybridized carbons (Fsp3) is 0.923. The molecule has 2 aliphatic heterocycles. The molecule has 17 heavy (non-hydrogen) atoms. The van der Waals surface area contributed by atoms with Gasteiger partial charge >= 0.3 is 0 Å². The van der Waals surface area contributed by atoms with E-state index in [2.05, 4.69) is 10.2 Å². The van der Waals surface area contributed by atoms with Crippen LogP contribution in [0.15, 0.2) is 0 Å². The fourth-order valence-corrected chi connectivity index (χ4v) is 2.95. The van der Waals surface area contributed by atoms with Crippen molar-refractivity contribution in [3.63, 3.8) is 0 Å². The SMILES string of the molecule is NC(=O)C1CCN(CCC2CCCCN2)CC1. The first-order chi connectivity index (χ1) is 8.25. The Morgan fingerprint density at radius 3 is 2.59 bits per heavy atom. The summed E-state index contributed by atoms with van der Waals surface area (Å²) in [6.07, 6.45) is 7.20. The Bertz CT molecular complexity index is 243. The third-order valence-corrected chi connectivity index (χ3v) is 4.20. The molecular formula is C13H25N3O. The van der Waals surface area contributed by atoms with Gasteiger partial charge in [-0.1, -0.05) is 6.42 Å². The van der Waals surface area contributed by atoms with Gasteiger partial charge in [-0.05, 0) is 58.3 Å². The van der Waals surface area contributed by atoms with E-state index in [1.165, 1.54) is 38.8 Å². The summed E-state index contributed by atoms with van der Waals surface area (Å²) < 4.78 is 0. The van der Waals surface area contributed by atoms with E-state index in [1.807, 2.05) is 0 Å². The predicted molar refractivity (Wildman–Crippen MR) is 68.6 cm³/mol. The molecule has 2 aliphatic rings. The van der Waals surface area contributed by atoms with Crippen LogP contribution in [0.4, 0.5) is 0 Å². The van der Waals surface area contributed by atoms with Gasteiger partial charge in [0.1, 0.15) is 0 Å². The second kappa shape index (κ2) is 6.36. The minimum absolute atomic E-state index is 0.112. The van der Waals surface area contributed by atoms with E-state index in [1.54, 1.807) is 0 Å². The van der Waals surface area contributed by atoms with Gasteiger partial charge in [0.15, 0.2) is 0 Å². The van der Waals surface area contributed by atoms with Crippen molar-refractivity contribution in [1.82, 2.24) is 10.2 Å². The van der Waals surface area contributed by atoms with Gasteiger partial charge in [0.25, 0.3) is 0 Å². The molecule has 1 amide bonds. The maximum absolute atomic E-state index is 11.1. The number of likely N-dealkylation sites (tertiary alicyclic amines) is 1. The third-order valence-electron chi connectivity index (χ3n) is 4.20. The lowest BCUT2D eigenvalue weighted by atomic mass is 9.95. The Balaban J connectivity index is 1.62. The Hall–Kier alpha value is -0.610. The average Bonchev–Trinajstić information content (AvgIpc) is 2.38. The van der Waals surface area contributed by atoms with E-state index in [9.17, 15) is 4.79 Å². The van der Waals surface area contributed by atoms with Gasteiger partial charge < -0.3 is 16.0 Å². The van der Waals surface area contributed by atoms with Gasteiger partial charge in [0.2, 0.25) is 5.91 Å². The molecule has 0 radical (unpaired) electrons. The van der Waals surface area contributed by atoms with Crippen LogP contribution in [0.5, 0.6) is 0 Å². The summed E-state index contributed by atoms with van der Waals surface area (Å²) in [6, 6.07) is 0.720. The molecule has 0 aliphatic carbocycles. The second-order valence-corrected chi connectivity index (χ2v) is 5.45. The first-order valence-electron chi connectivity index (χ1n) is 7.01. The van der Waals surface area contributed by atoms with Crippen LogP contribution in [-0.2, 0) is 4.79 Å². The Kier molecular flexibility index (Phi) is 4.80. The molecule has 2 saturated heterocycles. The number of carbonyl (C=O) groups is 1. The highest BCUT2D eigenvalue weighted by Gasteiger charge is 2.23. The monoisotopic (exact) mass is 239 g/mol. The van der Waals surface area contributed by atoms with Crippen LogP contribution in [0, 0.1) is 5.92 Å². The average molecular weight is 239 g/mol. The summed E-state index contributed by atoms with van der Waals surface area (Å²) in [5.41, 5.74) is 5.34. The smallest absolute Gasteiger partial charge is 0.220 e. The number of piperidine rings is 2. The maximum atomic E-state index is 11.1. The Morgan fingerprint density at radius 2 is 2.00 bits per heavy atom. The number of amides is 1. The number of nitrogens with two attached hydrogens (primary N) is 1. The zero-order chi connectivity index (χ0) is 12.1. The summed E-state index contributed by atoms with van der Waals surface area (Å²) in [4.78, 5) is 13.5. The quantitative estimate of drug-likeness (QED) is 0.760. The zero-order valence-corrected chi connectivity index (χ0v) is 10.7. The van der Waals surface area contributed by atoms with Crippen molar-refractivity contribution in [1.29, 1.82) is 0 Å². The van der Waals surface area contributed by atoms with Crippen molar-refractivity contribution >= 4 is 5.91 Å². The number of hydrogen-bond acceptors (Lipinski definition) is 3. The highest BCUT2D eigenvalue weighted by Crippen LogP contribution is 2.18. The molecule has 0 aromatic heterocycles. The molecule has 0 aromatic carbocycles. The van der Waals surface area contributed by atoms with Crippen LogP contribution < -0.4 is 11.1 Å². The molecule has 1 atom stereocenters. The van der Waals surface area contributed by atoms with Gasteiger partial charge in [-0.25, -0.2) is 0 Å². The highest BCUT2D eigenvalue weighted by molar-refractivity contribution is 5.76. The highest BCUT2D eigenvalue weighted by atomic mass is 16.1. The number of rotatable bonds is 4. The molecular weight excluding hydrogens is 214 g/mol. The lowest BCUT2D eigenvalue weighted by Gasteiger charge is -2.32. The van der Waals surface area contributed by atoms with Crippen molar-refractivity contribution in [3.8, 4) is 0 Å². The Morgan fingerprint density at radius 1 is 1.24 bits per heavy atom. The van der Waals surface area contributed by atoms with Crippen LogP contribution in [-0.4, -0.2) is 43.0 Å². The van der Waals surface area contributed by atoms with Gasteiger partial charge in [-0.2, -0.15) is 0 Å². The van der Waals surface area contributed by atoms with E-state index in [-0.39, 0.29) is 11.8 Å². The zero-order valence-electron chi connectivity index (χ0n) is 10.7. The number of hydrogen-bond donors (Lipinski definition) is 2. The number of carbonyl (C=O) groups excluding carboxylic acids is 1. The second-order valence-electron chi connectivity index (χ2n) is 5.45. The van der Waals surface area contributed by atoms with Crippen LogP contribution in [0.1, 0.15) is 38.5 Å². The van der Waals surface area contributed by atoms with Crippen LogP contribution in [0.2, 0.25) is 0 Å². The van der Waals surface area contributed by atoms with E-state index in [0.717, 1.165) is 32.0 Å². The van der Waals surface area contributed by atoms with Crippen molar-refractivity contribution in [2.75, 3.05) is 26.2 Å². The number of nitrogens with one attached hydrogen (secondary N) is 1. The lowest BCUT2D eigenvalue weighted by molar-refractivity contribution is -0.123. The van der Waals surface area contributed by atoms with Gasteiger partial charge in [-0.15, -0.1) is 0 Å². The molecule has 0 aromatic rings. The van der Waals surface area contributed by atoms with Gasteiger partial charge in [0, 0.05) is 12.0 Å². The molecule has 3 N–H and O–H groups in total. The first kappa shape index (κ1) is 12.8. The molecule has 1 unspecified atom stereocenters. The molecule has 0 spiro atoms. The van der Waals surface area contributed by atoms with E-state index in [4.69, 9.17) is 5.73 Å². The summed E-state index contributed by atoms with van der Waals surface area (Å²) in [5, 5.41) is 3.58. The fourth-order valence-electron chi connectivity index (χ4n) is 2.95. The van der Waals surface area contributed by atoms with E-state index in [0.29, 0.717) is 0 Å². The molecule has 98 valence electrons. The third kappa shape index (κ3) is 3.96. The van der Waals surface area contributed by atoms with Crippen molar-refractivity contribution in [3.05, 3.63) is 0 Å². The van der Waals surface area contributed by atoms with E-state index < -0.39 is 0 Å². The van der Waals surface area contributed by atoms with E-state index >= 15 is 0 Å². The number of nitrogens with zero attached hydrogens (tertiary/aromatic N) is 1. The van der Waals surface area contributed by atoms with Gasteiger partial charge in [-0.3, -0.25) is 4.79 Å². The summed E-state index contributed by atoms with van der Waals surface area (Å²) >= 11 is 0.